The van der Waals surface area contributed by atoms with Gasteiger partial charge in [-0.05, 0) is 43.4 Å². The molecule has 2 aliphatic rings. The van der Waals surface area contributed by atoms with Crippen molar-refractivity contribution >= 4 is 16.9 Å². The van der Waals surface area contributed by atoms with Gasteiger partial charge in [-0.1, -0.05) is 0 Å². The maximum Gasteiger partial charge on any atom is 0.151 e. The fraction of sp³-hybridized carbons (Fsp3) is 0.400. The number of rotatable bonds is 3. The number of hydrogen-bond donors (Lipinski definition) is 1. The van der Waals surface area contributed by atoms with E-state index < -0.39 is 0 Å². The van der Waals surface area contributed by atoms with Crippen LogP contribution in [-0.4, -0.2) is 45.2 Å². The van der Waals surface area contributed by atoms with E-state index in [1.807, 2.05) is 10.6 Å². The Balaban J connectivity index is 1.72. The van der Waals surface area contributed by atoms with Gasteiger partial charge in [0.15, 0.2) is 5.65 Å². The van der Waals surface area contributed by atoms with Gasteiger partial charge < -0.3 is 10.2 Å². The van der Waals surface area contributed by atoms with Crippen LogP contribution in [0.25, 0.3) is 16.9 Å². The van der Waals surface area contributed by atoms with Gasteiger partial charge in [0.25, 0.3) is 0 Å². The molecule has 0 amide bonds. The zero-order valence-corrected chi connectivity index (χ0v) is 15.3. The molecule has 1 atom stereocenters. The van der Waals surface area contributed by atoms with Crippen LogP contribution >= 0.6 is 0 Å². The van der Waals surface area contributed by atoms with Crippen molar-refractivity contribution < 1.29 is 0 Å². The Morgan fingerprint density at radius 1 is 1.26 bits per heavy atom. The molecule has 0 unspecified atom stereocenters. The lowest BCUT2D eigenvalue weighted by Gasteiger charge is -2.35. The zero-order chi connectivity index (χ0) is 18.4. The second-order valence-electron chi connectivity index (χ2n) is 7.39. The number of nitrogens with one attached hydrogen (secondary N) is 1. The summed E-state index contributed by atoms with van der Waals surface area (Å²) in [6, 6.07) is 6.11. The van der Waals surface area contributed by atoms with Crippen molar-refractivity contribution in [3.8, 4) is 11.9 Å². The average Bonchev–Trinajstić information content (AvgIpc) is 3.48. The second kappa shape index (κ2) is 6.32. The Labute approximate surface area is 157 Å². The van der Waals surface area contributed by atoms with Crippen molar-refractivity contribution in [1.82, 2.24) is 24.8 Å². The first-order chi connectivity index (χ1) is 13.3. The summed E-state index contributed by atoms with van der Waals surface area (Å²) in [5.74, 6) is 2.31. The minimum atomic E-state index is 0.382. The normalized spacial score (nSPS) is 20.0. The number of pyridine rings is 1. The predicted molar refractivity (Wildman–Crippen MR) is 103 cm³/mol. The largest absolute Gasteiger partial charge is 0.351 e. The van der Waals surface area contributed by atoms with Gasteiger partial charge in [0.2, 0.25) is 0 Å². The smallest absolute Gasteiger partial charge is 0.151 e. The fourth-order valence-electron chi connectivity index (χ4n) is 3.94. The van der Waals surface area contributed by atoms with E-state index in [9.17, 15) is 5.26 Å². The molecule has 4 heterocycles. The van der Waals surface area contributed by atoms with Crippen LogP contribution in [0.3, 0.4) is 0 Å². The molecule has 7 heteroatoms. The fourth-order valence-corrected chi connectivity index (χ4v) is 3.94. The first-order valence-electron chi connectivity index (χ1n) is 9.46. The molecule has 0 spiro atoms. The quantitative estimate of drug-likeness (QED) is 0.773. The summed E-state index contributed by atoms with van der Waals surface area (Å²) in [7, 11) is 0. The molecule has 1 aliphatic carbocycles. The van der Waals surface area contributed by atoms with Crippen LogP contribution in [0.15, 0.2) is 30.9 Å². The highest BCUT2D eigenvalue weighted by Crippen LogP contribution is 2.46. The maximum atomic E-state index is 9.24. The van der Waals surface area contributed by atoms with Crippen LogP contribution in [-0.2, 0) is 0 Å². The van der Waals surface area contributed by atoms with Gasteiger partial charge in [-0.25, -0.2) is 15.0 Å². The van der Waals surface area contributed by atoms with E-state index in [0.717, 1.165) is 42.3 Å². The summed E-state index contributed by atoms with van der Waals surface area (Å²) in [4.78, 5) is 16.2. The summed E-state index contributed by atoms with van der Waals surface area (Å²) in [6.07, 6.45) is 7.88. The van der Waals surface area contributed by atoms with Crippen LogP contribution in [0, 0.1) is 11.3 Å². The van der Waals surface area contributed by atoms with Crippen molar-refractivity contribution in [2.45, 2.75) is 31.7 Å². The van der Waals surface area contributed by atoms with E-state index in [1.165, 1.54) is 18.4 Å². The number of piperazine rings is 1. The van der Waals surface area contributed by atoms with Crippen molar-refractivity contribution in [2.75, 3.05) is 24.5 Å². The van der Waals surface area contributed by atoms with E-state index in [-0.39, 0.29) is 0 Å². The standard InChI is InChI=1S/C20H21N7/c1-13-10-22-6-7-26(13)19-18-16(15-2-3-15)11-27(20(18)25-12-24-19)17-8-14(9-21)4-5-23-17/h4-5,8,11-13,15,22H,2-3,6-7,10H2,1H3/t13-/m0/s1. The summed E-state index contributed by atoms with van der Waals surface area (Å²) < 4.78 is 2.02. The van der Waals surface area contributed by atoms with Gasteiger partial charge in [-0.3, -0.25) is 4.57 Å². The Morgan fingerprint density at radius 2 is 2.15 bits per heavy atom. The Kier molecular flexibility index (Phi) is 3.80. The zero-order valence-electron chi connectivity index (χ0n) is 15.3. The van der Waals surface area contributed by atoms with Crippen LogP contribution in [0.5, 0.6) is 0 Å². The van der Waals surface area contributed by atoms with Gasteiger partial charge in [-0.15, -0.1) is 0 Å². The lowest BCUT2D eigenvalue weighted by molar-refractivity contribution is 0.498. The topological polar surface area (TPSA) is 82.7 Å². The molecule has 136 valence electrons. The molecule has 5 rings (SSSR count). The highest BCUT2D eigenvalue weighted by Gasteiger charge is 2.32. The number of hydrogen-bond acceptors (Lipinski definition) is 6. The molecule has 27 heavy (non-hydrogen) atoms. The monoisotopic (exact) mass is 359 g/mol. The minimum absolute atomic E-state index is 0.382. The maximum absolute atomic E-state index is 9.24. The first-order valence-corrected chi connectivity index (χ1v) is 9.46. The molecule has 1 aliphatic heterocycles. The SMILES string of the molecule is C[C@H]1CNCCN1c1ncnc2c1c(C1CC1)cn2-c1cc(C#N)ccn1. The van der Waals surface area contributed by atoms with Crippen molar-refractivity contribution in [3.05, 3.63) is 42.0 Å². The van der Waals surface area contributed by atoms with Crippen molar-refractivity contribution in [2.24, 2.45) is 0 Å². The molecule has 3 aromatic heterocycles. The van der Waals surface area contributed by atoms with Crippen LogP contribution < -0.4 is 10.2 Å². The van der Waals surface area contributed by atoms with Gasteiger partial charge in [0, 0.05) is 38.1 Å². The second-order valence-corrected chi connectivity index (χ2v) is 7.39. The molecular weight excluding hydrogens is 338 g/mol. The number of fused-ring (bicyclic) bond motifs is 1. The van der Waals surface area contributed by atoms with Gasteiger partial charge in [0.1, 0.15) is 18.0 Å². The van der Waals surface area contributed by atoms with E-state index in [1.54, 1.807) is 18.6 Å². The Bertz CT molecular complexity index is 1040. The van der Waals surface area contributed by atoms with Gasteiger partial charge in [0.05, 0.1) is 17.0 Å². The summed E-state index contributed by atoms with van der Waals surface area (Å²) in [5, 5.41) is 13.8. The van der Waals surface area contributed by atoms with E-state index in [0.29, 0.717) is 17.5 Å². The van der Waals surface area contributed by atoms with Crippen molar-refractivity contribution in [3.63, 3.8) is 0 Å². The van der Waals surface area contributed by atoms with E-state index in [2.05, 4.69) is 39.4 Å². The lowest BCUT2D eigenvalue weighted by Crippen LogP contribution is -2.50. The number of anilines is 1. The Hall–Kier alpha value is -2.98. The third-order valence-corrected chi connectivity index (χ3v) is 5.50. The van der Waals surface area contributed by atoms with Crippen LogP contribution in [0.4, 0.5) is 5.82 Å². The third kappa shape index (κ3) is 2.73. The highest BCUT2D eigenvalue weighted by atomic mass is 15.3. The molecule has 3 aromatic rings. The molecule has 0 aromatic carbocycles. The summed E-state index contributed by atoms with van der Waals surface area (Å²) in [5.41, 5.74) is 2.77. The lowest BCUT2D eigenvalue weighted by atomic mass is 10.1. The predicted octanol–water partition coefficient (Wildman–Crippen LogP) is 2.36. The van der Waals surface area contributed by atoms with Crippen LogP contribution in [0.2, 0.25) is 0 Å². The van der Waals surface area contributed by atoms with E-state index >= 15 is 0 Å². The number of nitrogens with zero attached hydrogens (tertiary/aromatic N) is 6. The van der Waals surface area contributed by atoms with E-state index in [4.69, 9.17) is 4.98 Å². The first kappa shape index (κ1) is 16.2. The number of aromatic nitrogens is 4. The molecule has 0 radical (unpaired) electrons. The van der Waals surface area contributed by atoms with Gasteiger partial charge >= 0.3 is 0 Å². The van der Waals surface area contributed by atoms with Crippen LogP contribution in [0.1, 0.15) is 36.8 Å². The summed E-state index contributed by atoms with van der Waals surface area (Å²) in [6.45, 7) is 5.08. The molecule has 7 nitrogen and oxygen atoms in total. The minimum Gasteiger partial charge on any atom is -0.351 e. The Morgan fingerprint density at radius 3 is 2.93 bits per heavy atom. The number of nitriles is 1. The molecule has 0 bridgehead atoms. The summed E-state index contributed by atoms with van der Waals surface area (Å²) >= 11 is 0. The van der Waals surface area contributed by atoms with Crippen molar-refractivity contribution in [1.29, 1.82) is 5.26 Å². The highest BCUT2D eigenvalue weighted by molar-refractivity contribution is 5.93. The molecule has 1 N–H and O–H groups in total. The molecule has 2 fully saturated rings. The molecule has 1 saturated heterocycles. The molecule has 1 saturated carbocycles. The molecular formula is C20H21N7. The van der Waals surface area contributed by atoms with Gasteiger partial charge in [-0.2, -0.15) is 5.26 Å². The third-order valence-electron chi connectivity index (χ3n) is 5.50. The average molecular weight is 359 g/mol.